The predicted octanol–water partition coefficient (Wildman–Crippen LogP) is 13.7. The van der Waals surface area contributed by atoms with Crippen LogP contribution in [0.3, 0.4) is 0 Å². The van der Waals surface area contributed by atoms with Crippen LogP contribution in [0.5, 0.6) is 0 Å². The van der Waals surface area contributed by atoms with E-state index in [1.165, 1.54) is 89.9 Å². The predicted molar refractivity (Wildman–Crippen MR) is 250 cm³/mol. The molecule has 6 nitrogen and oxygen atoms in total. The fourth-order valence-corrected chi connectivity index (χ4v) is 8.24. The van der Waals surface area contributed by atoms with Crippen molar-refractivity contribution >= 4 is 33.5 Å². The third kappa shape index (κ3) is 45.2. The van der Waals surface area contributed by atoms with Crippen LogP contribution in [0.1, 0.15) is 181 Å². The molecule has 0 aromatic heterocycles. The molecule has 0 aromatic carbocycles. The van der Waals surface area contributed by atoms with Gasteiger partial charge in [0, 0.05) is 50.5 Å². The summed E-state index contributed by atoms with van der Waals surface area (Å²) in [5, 5.41) is 0. The monoisotopic (exact) mass is 821 g/mol. The number of carbonyl (C=O) groups excluding carboxylic acids is 2. The van der Waals surface area contributed by atoms with Crippen molar-refractivity contribution in [1.82, 2.24) is 9.80 Å². The van der Waals surface area contributed by atoms with Gasteiger partial charge in [0.1, 0.15) is 0 Å². The van der Waals surface area contributed by atoms with E-state index in [2.05, 4.69) is 86.4 Å². The Hall–Kier alpha value is -1.48. The van der Waals surface area contributed by atoms with Crippen molar-refractivity contribution < 1.29 is 19.1 Å². The Bertz CT molecular complexity index is 895. The second-order valence-electron chi connectivity index (χ2n) is 15.4. The molecule has 0 heterocycles. The zero-order valence-corrected chi connectivity index (χ0v) is 38.6. The number of rotatable bonds is 43. The molecule has 56 heavy (non-hydrogen) atoms. The van der Waals surface area contributed by atoms with Crippen LogP contribution in [0.15, 0.2) is 48.6 Å². The van der Waals surface area contributed by atoms with Gasteiger partial charge in [-0.25, -0.2) is 0 Å². The quantitative estimate of drug-likeness (QED) is 0.0261. The molecule has 0 spiro atoms. The van der Waals surface area contributed by atoms with Gasteiger partial charge >= 0.3 is 11.9 Å². The summed E-state index contributed by atoms with van der Waals surface area (Å²) in [6.45, 7) is 9.51. The minimum absolute atomic E-state index is 0.0425. The number of nitrogens with zero attached hydrogens (tertiary/aromatic N) is 2. The summed E-state index contributed by atoms with van der Waals surface area (Å²) in [6.07, 6.45) is 47.5. The van der Waals surface area contributed by atoms with Crippen LogP contribution in [-0.4, -0.2) is 86.7 Å². The van der Waals surface area contributed by atoms with Gasteiger partial charge in [-0.3, -0.25) is 9.59 Å². The van der Waals surface area contributed by atoms with Gasteiger partial charge in [-0.05, 0) is 104 Å². The fraction of sp³-hybridized carbons (Fsp3) is 0.792. The lowest BCUT2D eigenvalue weighted by atomic mass is 10.1. The van der Waals surface area contributed by atoms with Crippen LogP contribution >= 0.6 is 21.6 Å². The molecule has 8 heteroatoms. The number of unbranched alkanes of at least 4 members (excludes halogenated alkanes) is 16. The number of hydrogen-bond acceptors (Lipinski definition) is 8. The average Bonchev–Trinajstić information content (AvgIpc) is 3.19. The highest BCUT2D eigenvalue weighted by molar-refractivity contribution is 8.76. The lowest BCUT2D eigenvalue weighted by Gasteiger charge is -2.17. The van der Waals surface area contributed by atoms with E-state index < -0.39 is 0 Å². The van der Waals surface area contributed by atoms with Crippen molar-refractivity contribution in [3.63, 3.8) is 0 Å². The van der Waals surface area contributed by atoms with Crippen molar-refractivity contribution in [2.75, 3.05) is 65.0 Å². The Labute approximate surface area is 355 Å². The van der Waals surface area contributed by atoms with Gasteiger partial charge < -0.3 is 19.3 Å². The van der Waals surface area contributed by atoms with E-state index in [1.807, 2.05) is 21.6 Å². The Balaban J connectivity index is 3.47. The van der Waals surface area contributed by atoms with E-state index >= 15 is 0 Å². The summed E-state index contributed by atoms with van der Waals surface area (Å²) in [5.41, 5.74) is 0. The Morgan fingerprint density at radius 1 is 0.429 bits per heavy atom. The minimum Gasteiger partial charge on any atom is -0.466 e. The molecule has 0 saturated heterocycles. The van der Waals surface area contributed by atoms with Gasteiger partial charge in [0.15, 0.2) is 0 Å². The molecule has 326 valence electrons. The molecule has 0 unspecified atom stereocenters. The SMILES string of the molecule is CCCCCC=CCC=CCCCCCCCC(=O)OCCCN(C)CCSSCCN(C)CCCOC(=O)CCCCCCCC=CCC=CCCCCC. The molecule has 0 radical (unpaired) electrons. The first-order valence-electron chi connectivity index (χ1n) is 23.0. The molecule has 0 saturated carbocycles. The lowest BCUT2D eigenvalue weighted by molar-refractivity contribution is -0.144. The molecule has 0 aliphatic heterocycles. The molecule has 0 fully saturated rings. The maximum Gasteiger partial charge on any atom is 0.305 e. The van der Waals surface area contributed by atoms with Gasteiger partial charge in [0.25, 0.3) is 0 Å². The normalized spacial score (nSPS) is 12.2. The van der Waals surface area contributed by atoms with E-state index in [9.17, 15) is 9.59 Å². The molecular formula is C48H88N2O4S2. The molecule has 0 aliphatic rings. The summed E-state index contributed by atoms with van der Waals surface area (Å²) in [4.78, 5) is 28.8. The van der Waals surface area contributed by atoms with Crippen LogP contribution in [0.2, 0.25) is 0 Å². The molecule has 0 bridgehead atoms. The van der Waals surface area contributed by atoms with E-state index in [-0.39, 0.29) is 11.9 Å². The van der Waals surface area contributed by atoms with E-state index in [0.29, 0.717) is 26.1 Å². The van der Waals surface area contributed by atoms with Crippen molar-refractivity contribution in [1.29, 1.82) is 0 Å². The zero-order valence-electron chi connectivity index (χ0n) is 37.0. The highest BCUT2D eigenvalue weighted by atomic mass is 33.1. The summed E-state index contributed by atoms with van der Waals surface area (Å²) in [7, 11) is 8.14. The third-order valence-corrected chi connectivity index (χ3v) is 12.1. The maximum atomic E-state index is 12.1. The first-order chi connectivity index (χ1) is 27.5. The molecule has 0 amide bonds. The standard InChI is InChI=1S/C48H88N2O4S2/c1-5-7-9-11-13-15-17-19-21-23-25-27-29-31-33-37-47(51)53-43-35-39-49(3)41-45-55-56-46-42-50(4)40-36-44-54-48(52)38-34-32-30-28-26-24-22-20-18-16-14-12-10-8-6-2/h13-16,19-22H,5-12,17-18,23-46H2,1-4H3. The maximum absolute atomic E-state index is 12.1. The van der Waals surface area contributed by atoms with Crippen molar-refractivity contribution in [2.45, 2.75) is 181 Å². The van der Waals surface area contributed by atoms with Crippen LogP contribution in [0.4, 0.5) is 0 Å². The average molecular weight is 821 g/mol. The Morgan fingerprint density at radius 2 is 0.768 bits per heavy atom. The zero-order chi connectivity index (χ0) is 40.8. The number of ether oxygens (including phenoxy) is 2. The highest BCUT2D eigenvalue weighted by Gasteiger charge is 2.06. The Kier molecular flexibility index (Phi) is 45.0. The Morgan fingerprint density at radius 3 is 1.14 bits per heavy atom. The van der Waals surface area contributed by atoms with E-state index in [4.69, 9.17) is 9.47 Å². The number of esters is 2. The van der Waals surface area contributed by atoms with Crippen molar-refractivity contribution in [3.8, 4) is 0 Å². The summed E-state index contributed by atoms with van der Waals surface area (Å²) >= 11 is 0. The first kappa shape index (κ1) is 54.5. The molecule has 0 rings (SSSR count). The van der Waals surface area contributed by atoms with Gasteiger partial charge in [-0.2, -0.15) is 0 Å². The largest absolute Gasteiger partial charge is 0.466 e. The van der Waals surface area contributed by atoms with Crippen molar-refractivity contribution in [2.24, 2.45) is 0 Å². The minimum atomic E-state index is -0.0425. The van der Waals surface area contributed by atoms with Gasteiger partial charge in [0.2, 0.25) is 0 Å². The third-order valence-electron chi connectivity index (χ3n) is 9.75. The number of hydrogen-bond donors (Lipinski definition) is 0. The second kappa shape index (κ2) is 46.2. The van der Waals surface area contributed by atoms with Gasteiger partial charge in [0.05, 0.1) is 13.2 Å². The van der Waals surface area contributed by atoms with Crippen molar-refractivity contribution in [3.05, 3.63) is 48.6 Å². The molecular weight excluding hydrogens is 733 g/mol. The second-order valence-corrected chi connectivity index (χ2v) is 18.1. The number of allylic oxidation sites excluding steroid dienone is 8. The number of carbonyl (C=O) groups is 2. The lowest BCUT2D eigenvalue weighted by Crippen LogP contribution is -2.24. The molecule has 0 aromatic rings. The van der Waals surface area contributed by atoms with E-state index in [1.54, 1.807) is 0 Å². The first-order valence-corrected chi connectivity index (χ1v) is 25.5. The summed E-state index contributed by atoms with van der Waals surface area (Å²) < 4.78 is 10.9. The van der Waals surface area contributed by atoms with E-state index in [0.717, 1.165) is 102 Å². The van der Waals surface area contributed by atoms with Crippen LogP contribution in [-0.2, 0) is 19.1 Å². The smallest absolute Gasteiger partial charge is 0.305 e. The molecule has 0 aliphatic carbocycles. The fourth-order valence-electron chi connectivity index (χ4n) is 6.07. The topological polar surface area (TPSA) is 59.1 Å². The van der Waals surface area contributed by atoms with Crippen LogP contribution < -0.4 is 0 Å². The summed E-state index contributed by atoms with van der Waals surface area (Å²) in [6, 6.07) is 0. The van der Waals surface area contributed by atoms with Gasteiger partial charge in [-0.15, -0.1) is 0 Å². The summed E-state index contributed by atoms with van der Waals surface area (Å²) in [5.74, 6) is 2.09. The molecule has 0 N–H and O–H groups in total. The van der Waals surface area contributed by atoms with Gasteiger partial charge in [-0.1, -0.05) is 148 Å². The van der Waals surface area contributed by atoms with Crippen LogP contribution in [0.25, 0.3) is 0 Å². The molecule has 0 atom stereocenters. The van der Waals surface area contributed by atoms with Crippen LogP contribution in [0, 0.1) is 0 Å². The highest BCUT2D eigenvalue weighted by Crippen LogP contribution is 2.20.